The number of nitrogens with one attached hydrogen (secondary N) is 4. The van der Waals surface area contributed by atoms with Crippen molar-refractivity contribution >= 4 is 17.8 Å². The van der Waals surface area contributed by atoms with E-state index in [1.807, 2.05) is 25.1 Å². The van der Waals surface area contributed by atoms with Crippen LogP contribution in [0.15, 0.2) is 29.3 Å². The molecule has 0 aliphatic heterocycles. The molecule has 1 aliphatic rings. The Kier molecular flexibility index (Phi) is 9.31. The molecule has 0 saturated heterocycles. The molecular formula is C21H33N5O2. The Morgan fingerprint density at radius 2 is 1.96 bits per heavy atom. The fourth-order valence-corrected chi connectivity index (χ4v) is 3.32. The number of carbonyl (C=O) groups is 2. The van der Waals surface area contributed by atoms with E-state index in [9.17, 15) is 9.59 Å². The van der Waals surface area contributed by atoms with Gasteiger partial charge in [-0.1, -0.05) is 25.0 Å². The van der Waals surface area contributed by atoms with E-state index in [1.54, 1.807) is 13.1 Å². The van der Waals surface area contributed by atoms with E-state index in [-0.39, 0.29) is 11.8 Å². The summed E-state index contributed by atoms with van der Waals surface area (Å²) in [5.41, 5.74) is 1.74. The van der Waals surface area contributed by atoms with Crippen molar-refractivity contribution in [3.8, 4) is 0 Å². The van der Waals surface area contributed by atoms with Gasteiger partial charge in [-0.3, -0.25) is 14.6 Å². The van der Waals surface area contributed by atoms with Crippen molar-refractivity contribution in [2.24, 2.45) is 4.99 Å². The number of benzene rings is 1. The second-order valence-electron chi connectivity index (χ2n) is 7.02. The second kappa shape index (κ2) is 12.0. The minimum absolute atomic E-state index is 0.0810. The van der Waals surface area contributed by atoms with Crippen molar-refractivity contribution in [3.63, 3.8) is 0 Å². The lowest BCUT2D eigenvalue weighted by molar-refractivity contribution is -0.121. The van der Waals surface area contributed by atoms with E-state index in [2.05, 4.69) is 26.3 Å². The normalized spacial score (nSPS) is 14.6. The number of amides is 2. The largest absolute Gasteiger partial charge is 0.357 e. The molecule has 28 heavy (non-hydrogen) atoms. The Hall–Kier alpha value is -2.57. The molecule has 0 aromatic heterocycles. The first-order valence-electron chi connectivity index (χ1n) is 10.2. The summed E-state index contributed by atoms with van der Waals surface area (Å²) in [4.78, 5) is 28.2. The highest BCUT2D eigenvalue weighted by molar-refractivity contribution is 5.94. The third-order valence-corrected chi connectivity index (χ3v) is 4.80. The minimum Gasteiger partial charge on any atom is -0.357 e. The maximum atomic E-state index is 12.0. The van der Waals surface area contributed by atoms with Gasteiger partial charge < -0.3 is 21.3 Å². The highest BCUT2D eigenvalue weighted by atomic mass is 16.2. The third kappa shape index (κ3) is 7.58. The molecule has 0 radical (unpaired) electrons. The molecule has 0 spiro atoms. The van der Waals surface area contributed by atoms with Gasteiger partial charge in [-0.15, -0.1) is 0 Å². The van der Waals surface area contributed by atoms with E-state index >= 15 is 0 Å². The monoisotopic (exact) mass is 387 g/mol. The number of nitrogens with zero attached hydrogens (tertiary/aromatic N) is 1. The molecule has 0 heterocycles. The fraction of sp³-hybridized carbons (Fsp3) is 0.571. The zero-order chi connectivity index (χ0) is 20.2. The van der Waals surface area contributed by atoms with Gasteiger partial charge in [0.2, 0.25) is 5.91 Å². The van der Waals surface area contributed by atoms with E-state index in [4.69, 9.17) is 0 Å². The van der Waals surface area contributed by atoms with Gasteiger partial charge in [0.05, 0.1) is 6.54 Å². The lowest BCUT2D eigenvalue weighted by atomic mass is 10.1. The van der Waals surface area contributed by atoms with Crippen LogP contribution in [0.25, 0.3) is 0 Å². The van der Waals surface area contributed by atoms with Gasteiger partial charge in [0.15, 0.2) is 5.96 Å². The van der Waals surface area contributed by atoms with Crippen LogP contribution >= 0.6 is 0 Å². The predicted molar refractivity (Wildman–Crippen MR) is 113 cm³/mol. The first-order valence-corrected chi connectivity index (χ1v) is 10.2. The van der Waals surface area contributed by atoms with Crippen molar-refractivity contribution in [2.45, 2.75) is 51.5 Å². The maximum absolute atomic E-state index is 12.0. The van der Waals surface area contributed by atoms with Crippen molar-refractivity contribution in [2.75, 3.05) is 26.7 Å². The van der Waals surface area contributed by atoms with E-state index in [1.165, 1.54) is 12.8 Å². The van der Waals surface area contributed by atoms with Crippen LogP contribution in [0.3, 0.4) is 0 Å². The van der Waals surface area contributed by atoms with Gasteiger partial charge in [0.1, 0.15) is 0 Å². The van der Waals surface area contributed by atoms with Gasteiger partial charge in [-0.25, -0.2) is 0 Å². The van der Waals surface area contributed by atoms with Crippen LogP contribution in [0.2, 0.25) is 0 Å². The quantitative estimate of drug-likeness (QED) is 0.382. The Morgan fingerprint density at radius 1 is 1.18 bits per heavy atom. The van der Waals surface area contributed by atoms with Gasteiger partial charge in [-0.05, 0) is 43.9 Å². The number of hydrogen-bond donors (Lipinski definition) is 4. The molecule has 0 bridgehead atoms. The Balaban J connectivity index is 1.76. The van der Waals surface area contributed by atoms with Crippen LogP contribution in [-0.4, -0.2) is 50.5 Å². The molecule has 2 amide bonds. The van der Waals surface area contributed by atoms with Crippen LogP contribution in [0, 0.1) is 0 Å². The summed E-state index contributed by atoms with van der Waals surface area (Å²) in [5, 5.41) is 12.2. The van der Waals surface area contributed by atoms with Crippen LogP contribution in [0.1, 0.15) is 54.9 Å². The predicted octanol–water partition coefficient (Wildman–Crippen LogP) is 1.59. The van der Waals surface area contributed by atoms with Gasteiger partial charge in [0, 0.05) is 38.2 Å². The molecule has 1 aliphatic carbocycles. The minimum atomic E-state index is -0.0828. The van der Waals surface area contributed by atoms with E-state index in [0.717, 1.165) is 31.4 Å². The SMILES string of the molecule is CCNC(=NCCC(=O)NC1CCCC1)NCCc1cccc(C(=O)NC)c1. The molecule has 154 valence electrons. The lowest BCUT2D eigenvalue weighted by Gasteiger charge is -2.13. The summed E-state index contributed by atoms with van der Waals surface area (Å²) < 4.78 is 0. The number of carbonyl (C=O) groups excluding carboxylic acids is 2. The maximum Gasteiger partial charge on any atom is 0.251 e. The summed E-state index contributed by atoms with van der Waals surface area (Å²) in [6.07, 6.45) is 5.80. The summed E-state index contributed by atoms with van der Waals surface area (Å²) >= 11 is 0. The Labute approximate surface area is 167 Å². The van der Waals surface area contributed by atoms with Crippen molar-refractivity contribution in [1.29, 1.82) is 0 Å². The lowest BCUT2D eigenvalue weighted by Crippen LogP contribution is -2.39. The van der Waals surface area contributed by atoms with Crippen molar-refractivity contribution in [1.82, 2.24) is 21.3 Å². The average Bonchev–Trinajstić information content (AvgIpc) is 3.20. The van der Waals surface area contributed by atoms with E-state index < -0.39 is 0 Å². The van der Waals surface area contributed by atoms with Gasteiger partial charge in [0.25, 0.3) is 5.91 Å². The molecular weight excluding hydrogens is 354 g/mol. The molecule has 0 atom stereocenters. The topological polar surface area (TPSA) is 94.6 Å². The first-order chi connectivity index (χ1) is 13.6. The van der Waals surface area contributed by atoms with Gasteiger partial charge in [-0.2, -0.15) is 0 Å². The third-order valence-electron chi connectivity index (χ3n) is 4.80. The fourth-order valence-electron chi connectivity index (χ4n) is 3.32. The molecule has 1 aromatic rings. The molecule has 7 nitrogen and oxygen atoms in total. The summed E-state index contributed by atoms with van der Waals surface area (Å²) in [6.45, 7) is 3.92. The smallest absolute Gasteiger partial charge is 0.251 e. The zero-order valence-corrected chi connectivity index (χ0v) is 17.0. The standard InChI is InChI=1S/C21H33N5O2/c1-3-23-21(25-14-12-19(27)26-18-9-4-5-10-18)24-13-11-16-7-6-8-17(15-16)20(28)22-2/h6-8,15,18H,3-5,9-14H2,1-2H3,(H,22,28)(H,26,27)(H2,23,24,25). The number of aliphatic imine (C=N–C) groups is 1. The molecule has 0 unspecified atom stereocenters. The Bertz CT molecular complexity index is 669. The molecule has 7 heteroatoms. The van der Waals surface area contributed by atoms with Crippen molar-refractivity contribution in [3.05, 3.63) is 35.4 Å². The second-order valence-corrected chi connectivity index (χ2v) is 7.02. The molecule has 4 N–H and O–H groups in total. The molecule has 1 saturated carbocycles. The van der Waals surface area contributed by atoms with Crippen LogP contribution in [-0.2, 0) is 11.2 Å². The number of guanidine groups is 1. The highest BCUT2D eigenvalue weighted by Gasteiger charge is 2.16. The molecule has 1 fully saturated rings. The summed E-state index contributed by atoms with van der Waals surface area (Å²) in [7, 11) is 1.63. The highest BCUT2D eigenvalue weighted by Crippen LogP contribution is 2.17. The molecule has 1 aromatic carbocycles. The number of hydrogen-bond acceptors (Lipinski definition) is 3. The first kappa shape index (κ1) is 21.7. The van der Waals surface area contributed by atoms with Crippen molar-refractivity contribution < 1.29 is 9.59 Å². The average molecular weight is 388 g/mol. The van der Waals surface area contributed by atoms with Gasteiger partial charge >= 0.3 is 0 Å². The van der Waals surface area contributed by atoms with Crippen LogP contribution in [0.5, 0.6) is 0 Å². The summed E-state index contributed by atoms with van der Waals surface area (Å²) in [5.74, 6) is 0.705. The van der Waals surface area contributed by atoms with Crippen LogP contribution < -0.4 is 21.3 Å². The van der Waals surface area contributed by atoms with Crippen LogP contribution in [0.4, 0.5) is 0 Å². The zero-order valence-electron chi connectivity index (χ0n) is 17.0. The van der Waals surface area contributed by atoms with E-state index in [0.29, 0.717) is 37.1 Å². The summed E-state index contributed by atoms with van der Waals surface area (Å²) in [6, 6.07) is 7.96. The number of rotatable bonds is 9. The molecule has 2 rings (SSSR count). The Morgan fingerprint density at radius 3 is 2.68 bits per heavy atom.